The highest BCUT2D eigenvalue weighted by molar-refractivity contribution is 5.72. The van der Waals surface area contributed by atoms with Crippen molar-refractivity contribution in [3.63, 3.8) is 0 Å². The molecule has 23 heavy (non-hydrogen) atoms. The molecule has 0 amide bonds. The lowest BCUT2D eigenvalue weighted by molar-refractivity contribution is -0.137. The molecule has 2 aromatic heterocycles. The molecule has 0 bridgehead atoms. The predicted octanol–water partition coefficient (Wildman–Crippen LogP) is 2.97. The highest BCUT2D eigenvalue weighted by atomic mass is 19.4. The molecule has 0 atom stereocenters. The number of fused-ring (bicyclic) bond motifs is 1. The van der Waals surface area contributed by atoms with Crippen LogP contribution in [0.3, 0.4) is 0 Å². The summed E-state index contributed by atoms with van der Waals surface area (Å²) in [5, 5.41) is 0. The fraction of sp³-hybridized carbons (Fsp3) is 0.200. The SMILES string of the molecule is CN(c1cccc(C(F)(F)F)c1)c1nc(CN)cn2ccnc12. The quantitative estimate of drug-likeness (QED) is 0.806. The van der Waals surface area contributed by atoms with Crippen molar-refractivity contribution >= 4 is 17.2 Å². The van der Waals surface area contributed by atoms with Crippen LogP contribution in [0, 0.1) is 0 Å². The Labute approximate surface area is 130 Å². The minimum absolute atomic E-state index is 0.220. The number of alkyl halides is 3. The second-order valence-corrected chi connectivity index (χ2v) is 5.03. The minimum Gasteiger partial charge on any atom is -0.326 e. The van der Waals surface area contributed by atoms with E-state index < -0.39 is 11.7 Å². The van der Waals surface area contributed by atoms with Crippen molar-refractivity contribution in [1.29, 1.82) is 0 Å². The fourth-order valence-corrected chi connectivity index (χ4v) is 2.30. The number of imidazole rings is 1. The first-order valence-electron chi connectivity index (χ1n) is 6.84. The molecular weight excluding hydrogens is 307 g/mol. The number of benzene rings is 1. The summed E-state index contributed by atoms with van der Waals surface area (Å²) in [6, 6.07) is 5.07. The van der Waals surface area contributed by atoms with Gasteiger partial charge in [-0.2, -0.15) is 13.2 Å². The molecule has 2 N–H and O–H groups in total. The normalized spacial score (nSPS) is 11.9. The van der Waals surface area contributed by atoms with Gasteiger partial charge in [0.05, 0.1) is 11.3 Å². The molecule has 0 aliphatic carbocycles. The zero-order chi connectivity index (χ0) is 16.6. The number of nitrogens with zero attached hydrogens (tertiary/aromatic N) is 4. The van der Waals surface area contributed by atoms with Crippen LogP contribution in [0.25, 0.3) is 5.65 Å². The summed E-state index contributed by atoms with van der Waals surface area (Å²) in [4.78, 5) is 10.2. The lowest BCUT2D eigenvalue weighted by atomic mass is 10.2. The Balaban J connectivity index is 2.10. The van der Waals surface area contributed by atoms with E-state index in [9.17, 15) is 13.2 Å². The molecular formula is C15H14F3N5. The molecule has 0 fully saturated rings. The summed E-state index contributed by atoms with van der Waals surface area (Å²) in [5.74, 6) is 0.442. The largest absolute Gasteiger partial charge is 0.416 e. The van der Waals surface area contributed by atoms with Gasteiger partial charge in [0.25, 0.3) is 0 Å². The van der Waals surface area contributed by atoms with Crippen LogP contribution in [0.15, 0.2) is 42.9 Å². The Morgan fingerprint density at radius 1 is 1.30 bits per heavy atom. The average molecular weight is 321 g/mol. The van der Waals surface area contributed by atoms with Gasteiger partial charge in [-0.15, -0.1) is 0 Å². The molecule has 0 spiro atoms. The standard InChI is InChI=1S/C15H14F3N5/c1-22(12-4-2-3-10(7-12)15(16,17)18)14-13-20-5-6-23(13)9-11(8-19)21-14/h2-7,9H,8,19H2,1H3. The minimum atomic E-state index is -4.40. The molecule has 3 aromatic rings. The van der Waals surface area contributed by atoms with Crippen molar-refractivity contribution < 1.29 is 13.2 Å². The van der Waals surface area contributed by atoms with Gasteiger partial charge in [-0.1, -0.05) is 6.07 Å². The van der Waals surface area contributed by atoms with Crippen LogP contribution in [-0.2, 0) is 12.7 Å². The maximum absolute atomic E-state index is 12.9. The maximum Gasteiger partial charge on any atom is 0.416 e. The van der Waals surface area contributed by atoms with Gasteiger partial charge < -0.3 is 15.0 Å². The second-order valence-electron chi connectivity index (χ2n) is 5.03. The zero-order valence-electron chi connectivity index (χ0n) is 12.2. The summed E-state index contributed by atoms with van der Waals surface area (Å²) in [7, 11) is 1.65. The summed E-state index contributed by atoms with van der Waals surface area (Å²) in [6.45, 7) is 0.220. The molecule has 3 rings (SSSR count). The van der Waals surface area contributed by atoms with E-state index in [1.54, 1.807) is 41.0 Å². The first kappa shape index (κ1) is 15.3. The summed E-state index contributed by atoms with van der Waals surface area (Å²) >= 11 is 0. The number of nitrogens with two attached hydrogens (primary N) is 1. The molecule has 0 aliphatic rings. The third-order valence-corrected chi connectivity index (χ3v) is 3.49. The van der Waals surface area contributed by atoms with Gasteiger partial charge in [0.15, 0.2) is 11.5 Å². The van der Waals surface area contributed by atoms with Crippen molar-refractivity contribution in [1.82, 2.24) is 14.4 Å². The van der Waals surface area contributed by atoms with Crippen LogP contribution >= 0.6 is 0 Å². The molecule has 0 saturated heterocycles. The van der Waals surface area contributed by atoms with Gasteiger partial charge in [0.2, 0.25) is 0 Å². The third kappa shape index (κ3) is 2.85. The lowest BCUT2D eigenvalue weighted by Gasteiger charge is -2.20. The van der Waals surface area contributed by atoms with E-state index >= 15 is 0 Å². The Bertz CT molecular complexity index is 840. The van der Waals surface area contributed by atoms with E-state index in [-0.39, 0.29) is 6.54 Å². The first-order valence-corrected chi connectivity index (χ1v) is 6.84. The molecule has 120 valence electrons. The van der Waals surface area contributed by atoms with E-state index in [1.807, 2.05) is 0 Å². The predicted molar refractivity (Wildman–Crippen MR) is 80.4 cm³/mol. The number of hydrogen-bond donors (Lipinski definition) is 1. The Morgan fingerprint density at radius 2 is 2.09 bits per heavy atom. The van der Waals surface area contributed by atoms with Crippen molar-refractivity contribution in [3.05, 3.63) is 54.1 Å². The highest BCUT2D eigenvalue weighted by Gasteiger charge is 2.30. The topological polar surface area (TPSA) is 59.5 Å². The van der Waals surface area contributed by atoms with Gasteiger partial charge in [-0.25, -0.2) is 9.97 Å². The first-order chi connectivity index (χ1) is 10.9. The van der Waals surface area contributed by atoms with Gasteiger partial charge in [0.1, 0.15) is 0 Å². The Kier molecular flexibility index (Phi) is 3.69. The monoisotopic (exact) mass is 321 g/mol. The van der Waals surface area contributed by atoms with Crippen LogP contribution in [0.4, 0.5) is 24.7 Å². The lowest BCUT2D eigenvalue weighted by Crippen LogP contribution is -2.16. The van der Waals surface area contributed by atoms with Crippen molar-refractivity contribution in [3.8, 4) is 0 Å². The van der Waals surface area contributed by atoms with Crippen LogP contribution < -0.4 is 10.6 Å². The molecule has 5 nitrogen and oxygen atoms in total. The van der Waals surface area contributed by atoms with Gasteiger partial charge in [0, 0.05) is 37.9 Å². The summed E-state index contributed by atoms with van der Waals surface area (Å²) < 4.78 is 40.4. The number of hydrogen-bond acceptors (Lipinski definition) is 4. The zero-order valence-corrected chi connectivity index (χ0v) is 12.2. The molecule has 1 aromatic carbocycles. The Hall–Kier alpha value is -2.61. The summed E-state index contributed by atoms with van der Waals surface area (Å²) in [5.41, 5.74) is 6.45. The van der Waals surface area contributed by atoms with Gasteiger partial charge in [-0.05, 0) is 18.2 Å². The molecule has 2 heterocycles. The average Bonchev–Trinajstić information content (AvgIpc) is 3.01. The number of aromatic nitrogens is 3. The highest BCUT2D eigenvalue weighted by Crippen LogP contribution is 2.33. The number of halogens is 3. The molecule has 0 unspecified atom stereocenters. The maximum atomic E-state index is 12.9. The molecule has 8 heteroatoms. The number of rotatable bonds is 3. The van der Waals surface area contributed by atoms with E-state index in [4.69, 9.17) is 5.73 Å². The smallest absolute Gasteiger partial charge is 0.326 e. The van der Waals surface area contributed by atoms with Crippen molar-refractivity contribution in [2.75, 3.05) is 11.9 Å². The molecule has 0 radical (unpaired) electrons. The molecule has 0 saturated carbocycles. The third-order valence-electron chi connectivity index (χ3n) is 3.49. The van der Waals surface area contributed by atoms with Crippen molar-refractivity contribution in [2.24, 2.45) is 5.73 Å². The van der Waals surface area contributed by atoms with Gasteiger partial charge >= 0.3 is 6.18 Å². The van der Waals surface area contributed by atoms with Gasteiger partial charge in [-0.3, -0.25) is 0 Å². The van der Waals surface area contributed by atoms with E-state index in [0.29, 0.717) is 22.8 Å². The van der Waals surface area contributed by atoms with E-state index in [2.05, 4.69) is 9.97 Å². The van der Waals surface area contributed by atoms with Crippen LogP contribution in [0.2, 0.25) is 0 Å². The van der Waals surface area contributed by atoms with Crippen LogP contribution in [0.5, 0.6) is 0 Å². The van der Waals surface area contributed by atoms with Crippen molar-refractivity contribution in [2.45, 2.75) is 12.7 Å². The van der Waals surface area contributed by atoms with Crippen LogP contribution in [0.1, 0.15) is 11.3 Å². The van der Waals surface area contributed by atoms with E-state index in [1.165, 1.54) is 6.07 Å². The molecule has 0 aliphatic heterocycles. The Morgan fingerprint density at radius 3 is 2.78 bits per heavy atom. The fourth-order valence-electron chi connectivity index (χ4n) is 2.30. The second kappa shape index (κ2) is 5.54. The summed E-state index contributed by atoms with van der Waals surface area (Å²) in [6.07, 6.45) is 0.679. The number of anilines is 2. The van der Waals surface area contributed by atoms with Crippen LogP contribution in [-0.4, -0.2) is 21.4 Å². The van der Waals surface area contributed by atoms with E-state index in [0.717, 1.165) is 12.1 Å².